The van der Waals surface area contributed by atoms with Crippen molar-refractivity contribution in [2.45, 2.75) is 24.7 Å². The van der Waals surface area contributed by atoms with Crippen LogP contribution < -0.4 is 0 Å². The number of benzene rings is 2. The van der Waals surface area contributed by atoms with E-state index in [1.54, 1.807) is 6.56 Å². The van der Waals surface area contributed by atoms with Crippen LogP contribution in [0.2, 0.25) is 0 Å². The molecule has 0 aliphatic heterocycles. The van der Waals surface area contributed by atoms with Crippen LogP contribution in [0, 0.1) is 0 Å². The van der Waals surface area contributed by atoms with E-state index in [2.05, 4.69) is 86.0 Å². The summed E-state index contributed by atoms with van der Waals surface area (Å²) in [6.07, 6.45) is 11.2. The summed E-state index contributed by atoms with van der Waals surface area (Å²) in [7, 11) is 0. The van der Waals surface area contributed by atoms with Crippen LogP contribution >= 0.6 is 0 Å². The van der Waals surface area contributed by atoms with Gasteiger partial charge in [-0.3, -0.25) is 0 Å². The van der Waals surface area contributed by atoms with Gasteiger partial charge in [-0.2, -0.15) is 0 Å². The summed E-state index contributed by atoms with van der Waals surface area (Å²) in [6, 6.07) is 17.8. The van der Waals surface area contributed by atoms with Crippen molar-refractivity contribution in [1.29, 1.82) is 0 Å². The van der Waals surface area contributed by atoms with Crippen LogP contribution in [0.5, 0.6) is 0 Å². The van der Waals surface area contributed by atoms with Gasteiger partial charge >= 0.3 is 163 Å². The van der Waals surface area contributed by atoms with Crippen molar-refractivity contribution in [3.63, 3.8) is 0 Å². The Balaban J connectivity index is 1.66. The number of allylic oxidation sites excluding steroid dienone is 4. The van der Waals surface area contributed by atoms with Gasteiger partial charge in [0.15, 0.2) is 0 Å². The van der Waals surface area contributed by atoms with Crippen molar-refractivity contribution in [3.8, 4) is 0 Å². The van der Waals surface area contributed by atoms with E-state index in [9.17, 15) is 0 Å². The fourth-order valence-corrected chi connectivity index (χ4v) is 8.18. The van der Waals surface area contributed by atoms with Gasteiger partial charge in [0.05, 0.1) is 0 Å². The van der Waals surface area contributed by atoms with Crippen LogP contribution in [-0.2, 0) is 23.2 Å². The Morgan fingerprint density at radius 3 is 1.60 bits per heavy atom. The second-order valence-electron chi connectivity index (χ2n) is 6.74. The predicted molar refractivity (Wildman–Crippen MR) is 104 cm³/mol. The van der Waals surface area contributed by atoms with E-state index in [1.165, 1.54) is 22.3 Å². The van der Waals surface area contributed by atoms with E-state index in [0.717, 1.165) is 12.8 Å². The fourth-order valence-electron chi connectivity index (χ4n) is 4.04. The maximum atomic E-state index is 4.00. The first kappa shape index (κ1) is 16.7. The summed E-state index contributed by atoms with van der Waals surface area (Å²) in [5.41, 5.74) is 5.83. The third-order valence-electron chi connectivity index (χ3n) is 5.21. The normalized spacial score (nSPS) is 20.3. The van der Waals surface area contributed by atoms with Gasteiger partial charge in [0, 0.05) is 0 Å². The van der Waals surface area contributed by atoms with E-state index in [1.807, 2.05) is 0 Å². The molecule has 0 spiro atoms. The fraction of sp³-hybridized carbons (Fsp3) is 0.167. The molecule has 0 fully saturated rings. The van der Waals surface area contributed by atoms with E-state index in [-0.39, 0.29) is 0 Å². The zero-order valence-corrected chi connectivity index (χ0v) is 16.9. The molecular formula is C24H22Zr. The summed E-state index contributed by atoms with van der Waals surface area (Å²) >= 11 is -0.812. The maximum absolute atomic E-state index is 4.00. The molecule has 122 valence electrons. The van der Waals surface area contributed by atoms with Gasteiger partial charge in [0.25, 0.3) is 0 Å². The quantitative estimate of drug-likeness (QED) is 0.485. The molecule has 2 unspecified atom stereocenters. The van der Waals surface area contributed by atoms with Crippen LogP contribution in [-0.4, -0.2) is 0 Å². The first-order valence-electron chi connectivity index (χ1n) is 8.91. The molecular weight excluding hydrogens is 379 g/mol. The molecule has 0 aromatic heterocycles. The molecule has 0 nitrogen and oxygen atoms in total. The van der Waals surface area contributed by atoms with Gasteiger partial charge < -0.3 is 0 Å². The van der Waals surface area contributed by atoms with Crippen LogP contribution in [0.1, 0.15) is 46.9 Å². The van der Waals surface area contributed by atoms with E-state index in [0.29, 0.717) is 11.8 Å². The molecule has 0 heterocycles. The van der Waals surface area contributed by atoms with Crippen molar-refractivity contribution in [2.24, 2.45) is 0 Å². The Labute approximate surface area is 162 Å². The Morgan fingerprint density at radius 1 is 0.720 bits per heavy atom. The monoisotopic (exact) mass is 400 g/mol. The number of fused-ring (bicyclic) bond motifs is 2. The molecule has 25 heavy (non-hydrogen) atoms. The zero-order chi connectivity index (χ0) is 17.2. The minimum atomic E-state index is -0.812. The van der Waals surface area contributed by atoms with Gasteiger partial charge in [-0.1, -0.05) is 0 Å². The van der Waals surface area contributed by atoms with E-state index < -0.39 is 23.2 Å². The number of hydrogen-bond donors (Lipinski definition) is 0. The van der Waals surface area contributed by atoms with Gasteiger partial charge in [-0.25, -0.2) is 0 Å². The molecule has 0 saturated carbocycles. The van der Waals surface area contributed by atoms with E-state index >= 15 is 0 Å². The summed E-state index contributed by atoms with van der Waals surface area (Å²) in [5.74, 6) is 1.10. The van der Waals surface area contributed by atoms with Crippen molar-refractivity contribution in [3.05, 3.63) is 103 Å². The number of hydrogen-bond acceptors (Lipinski definition) is 0. The molecule has 0 radical (unpaired) electrons. The standard InChI is InChI=1S/2C12H11.Zr/c2*1-2-5-10-8-9-11-6-3-4-7-12(10)11;/h2*2-4,6-7,9-10H,1,5H2;. The average molecular weight is 402 g/mol. The SMILES string of the molecule is C=CCC1[C]([Zr][C]2=Cc3ccccc3C2CC=C)=Cc2ccccc21. The zero-order valence-electron chi connectivity index (χ0n) is 14.4. The second kappa shape index (κ2) is 7.26. The van der Waals surface area contributed by atoms with Gasteiger partial charge in [-0.15, -0.1) is 0 Å². The van der Waals surface area contributed by atoms with Crippen molar-refractivity contribution in [2.75, 3.05) is 0 Å². The molecule has 2 aromatic carbocycles. The molecule has 2 atom stereocenters. The van der Waals surface area contributed by atoms with Crippen LogP contribution in [0.3, 0.4) is 0 Å². The van der Waals surface area contributed by atoms with Gasteiger partial charge in [0.1, 0.15) is 0 Å². The van der Waals surface area contributed by atoms with Gasteiger partial charge in [-0.05, 0) is 0 Å². The molecule has 2 aliphatic rings. The third kappa shape index (κ3) is 3.11. The minimum absolute atomic E-state index is 0.550. The molecule has 0 N–H and O–H groups in total. The topological polar surface area (TPSA) is 0 Å². The van der Waals surface area contributed by atoms with Crippen molar-refractivity contribution < 1.29 is 23.2 Å². The van der Waals surface area contributed by atoms with Crippen molar-refractivity contribution in [1.82, 2.24) is 0 Å². The molecule has 0 saturated heterocycles. The Kier molecular flexibility index (Phi) is 4.86. The van der Waals surface area contributed by atoms with Crippen molar-refractivity contribution >= 4 is 12.2 Å². The van der Waals surface area contributed by atoms with Crippen LogP contribution in [0.15, 0.2) is 80.4 Å². The molecule has 0 amide bonds. The molecule has 2 aromatic rings. The second-order valence-corrected chi connectivity index (χ2v) is 10.2. The van der Waals surface area contributed by atoms with Gasteiger partial charge in [0.2, 0.25) is 0 Å². The Hall–Kier alpha value is -1.72. The molecule has 2 aliphatic carbocycles. The number of rotatable bonds is 6. The molecule has 4 rings (SSSR count). The first-order chi connectivity index (χ1) is 12.3. The first-order valence-corrected chi connectivity index (χ1v) is 11.4. The Morgan fingerprint density at radius 2 is 1.16 bits per heavy atom. The summed E-state index contributed by atoms with van der Waals surface area (Å²) in [4.78, 5) is 0. The molecule has 0 bridgehead atoms. The Bertz CT molecular complexity index is 811. The van der Waals surface area contributed by atoms with Crippen LogP contribution in [0.4, 0.5) is 0 Å². The third-order valence-corrected chi connectivity index (χ3v) is 9.05. The predicted octanol–water partition coefficient (Wildman–Crippen LogP) is 6.50. The average Bonchev–Trinajstić information content (AvgIpc) is 3.15. The van der Waals surface area contributed by atoms with Crippen LogP contribution in [0.25, 0.3) is 12.2 Å². The molecule has 1 heteroatoms. The summed E-state index contributed by atoms with van der Waals surface area (Å²) in [6.45, 7) is 8.01. The summed E-state index contributed by atoms with van der Waals surface area (Å²) < 4.78 is 3.38. The van der Waals surface area contributed by atoms with E-state index in [4.69, 9.17) is 0 Å². The summed E-state index contributed by atoms with van der Waals surface area (Å²) in [5, 5.41) is 0.